The van der Waals surface area contributed by atoms with Crippen molar-refractivity contribution < 1.29 is 9.13 Å². The van der Waals surface area contributed by atoms with E-state index in [4.69, 9.17) is 10.5 Å². The van der Waals surface area contributed by atoms with Crippen LogP contribution in [0.3, 0.4) is 0 Å². The first-order valence-corrected chi connectivity index (χ1v) is 6.22. The second-order valence-electron chi connectivity index (χ2n) is 4.39. The molecule has 0 aliphatic carbocycles. The molecular formula is C15H17FN2O. The molecule has 1 heterocycles. The largest absolute Gasteiger partial charge is 0.487 e. The van der Waals surface area contributed by atoms with Crippen LogP contribution in [0.1, 0.15) is 17.0 Å². The lowest BCUT2D eigenvalue weighted by molar-refractivity contribution is 0.299. The Kier molecular flexibility index (Phi) is 4.47. The normalized spacial score (nSPS) is 10.5. The van der Waals surface area contributed by atoms with Crippen molar-refractivity contribution in [3.8, 4) is 5.75 Å². The highest BCUT2D eigenvalue weighted by molar-refractivity contribution is 5.30. The molecule has 2 N–H and O–H groups in total. The van der Waals surface area contributed by atoms with Gasteiger partial charge < -0.3 is 10.5 Å². The highest BCUT2D eigenvalue weighted by Crippen LogP contribution is 2.18. The van der Waals surface area contributed by atoms with Crippen molar-refractivity contribution in [2.75, 3.05) is 6.54 Å². The summed E-state index contributed by atoms with van der Waals surface area (Å²) in [6, 6.07) is 10.4. The first kappa shape index (κ1) is 13.5. The predicted octanol–water partition coefficient (Wildman–Crippen LogP) is 2.61. The number of aromatic nitrogens is 1. The maximum Gasteiger partial charge on any atom is 0.130 e. The van der Waals surface area contributed by atoms with Gasteiger partial charge >= 0.3 is 0 Å². The molecule has 2 aromatic rings. The van der Waals surface area contributed by atoms with Gasteiger partial charge in [-0.3, -0.25) is 4.98 Å². The Balaban J connectivity index is 2.06. The first-order valence-electron chi connectivity index (χ1n) is 6.22. The zero-order chi connectivity index (χ0) is 13.7. The molecule has 0 radical (unpaired) electrons. The second-order valence-corrected chi connectivity index (χ2v) is 4.39. The number of hydrogen-bond donors (Lipinski definition) is 1. The summed E-state index contributed by atoms with van der Waals surface area (Å²) in [7, 11) is 0. The Morgan fingerprint density at radius 2 is 2.11 bits per heavy atom. The van der Waals surface area contributed by atoms with Gasteiger partial charge in [0.25, 0.3) is 0 Å². The van der Waals surface area contributed by atoms with Gasteiger partial charge in [0.05, 0.1) is 5.69 Å². The molecule has 4 heteroatoms. The van der Waals surface area contributed by atoms with E-state index in [1.165, 1.54) is 12.1 Å². The van der Waals surface area contributed by atoms with Crippen molar-refractivity contribution in [1.82, 2.24) is 4.98 Å². The van der Waals surface area contributed by atoms with Gasteiger partial charge in [0.2, 0.25) is 0 Å². The van der Waals surface area contributed by atoms with Gasteiger partial charge in [0.15, 0.2) is 0 Å². The number of ether oxygens (including phenoxy) is 1. The number of rotatable bonds is 5. The van der Waals surface area contributed by atoms with Crippen LogP contribution >= 0.6 is 0 Å². The summed E-state index contributed by atoms with van der Waals surface area (Å²) in [5.41, 5.74) is 8.07. The Morgan fingerprint density at radius 3 is 2.84 bits per heavy atom. The van der Waals surface area contributed by atoms with Gasteiger partial charge in [0.1, 0.15) is 18.2 Å². The third-order valence-corrected chi connectivity index (χ3v) is 2.70. The Hall–Kier alpha value is -1.94. The van der Waals surface area contributed by atoms with Gasteiger partial charge in [-0.2, -0.15) is 0 Å². The Morgan fingerprint density at radius 1 is 1.26 bits per heavy atom. The van der Waals surface area contributed by atoms with Gasteiger partial charge in [-0.15, -0.1) is 0 Å². The number of aryl methyl sites for hydroxylation is 1. The minimum absolute atomic E-state index is 0.307. The molecule has 0 atom stereocenters. The fourth-order valence-electron chi connectivity index (χ4n) is 1.85. The third-order valence-electron chi connectivity index (χ3n) is 2.70. The van der Waals surface area contributed by atoms with Crippen molar-refractivity contribution in [3.63, 3.8) is 0 Å². The molecular weight excluding hydrogens is 243 g/mol. The van der Waals surface area contributed by atoms with E-state index in [1.54, 1.807) is 0 Å². The molecule has 0 amide bonds. The third kappa shape index (κ3) is 4.03. The summed E-state index contributed by atoms with van der Waals surface area (Å²) < 4.78 is 19.0. The van der Waals surface area contributed by atoms with Gasteiger partial charge in [-0.1, -0.05) is 6.07 Å². The quantitative estimate of drug-likeness (QED) is 0.899. The zero-order valence-corrected chi connectivity index (χ0v) is 10.9. The number of nitrogens with zero attached hydrogens (tertiary/aromatic N) is 1. The molecule has 1 aromatic heterocycles. The molecule has 0 saturated carbocycles. The number of halogens is 1. The van der Waals surface area contributed by atoms with Crippen molar-refractivity contribution >= 4 is 0 Å². The van der Waals surface area contributed by atoms with Crippen molar-refractivity contribution in [3.05, 3.63) is 59.2 Å². The number of pyridine rings is 1. The molecule has 0 aliphatic rings. The summed E-state index contributed by atoms with van der Waals surface area (Å²) in [6.45, 7) is 2.74. The summed E-state index contributed by atoms with van der Waals surface area (Å²) in [6.07, 6.45) is 0.636. The lowest BCUT2D eigenvalue weighted by Crippen LogP contribution is -2.04. The van der Waals surface area contributed by atoms with E-state index in [9.17, 15) is 4.39 Å². The van der Waals surface area contributed by atoms with Crippen LogP contribution in [0.15, 0.2) is 36.4 Å². The van der Waals surface area contributed by atoms with Crippen molar-refractivity contribution in [2.24, 2.45) is 5.73 Å². The summed E-state index contributed by atoms with van der Waals surface area (Å²) >= 11 is 0. The molecule has 0 unspecified atom stereocenters. The summed E-state index contributed by atoms with van der Waals surface area (Å²) in [5, 5.41) is 0. The van der Waals surface area contributed by atoms with Gasteiger partial charge in [0, 0.05) is 11.8 Å². The average molecular weight is 260 g/mol. The van der Waals surface area contributed by atoms with Crippen LogP contribution in [0.2, 0.25) is 0 Å². The van der Waals surface area contributed by atoms with E-state index in [0.29, 0.717) is 25.3 Å². The second kappa shape index (κ2) is 6.29. The number of hydrogen-bond acceptors (Lipinski definition) is 3. The van der Waals surface area contributed by atoms with E-state index in [0.717, 1.165) is 17.0 Å². The summed E-state index contributed by atoms with van der Waals surface area (Å²) in [5.74, 6) is 0.199. The van der Waals surface area contributed by atoms with Crippen LogP contribution in [-0.4, -0.2) is 11.5 Å². The fourth-order valence-corrected chi connectivity index (χ4v) is 1.85. The minimum atomic E-state index is -0.307. The highest BCUT2D eigenvalue weighted by Gasteiger charge is 2.03. The molecule has 100 valence electrons. The van der Waals surface area contributed by atoms with Crippen LogP contribution in [0.4, 0.5) is 4.39 Å². The van der Waals surface area contributed by atoms with Crippen LogP contribution < -0.4 is 10.5 Å². The smallest absolute Gasteiger partial charge is 0.130 e. The SMILES string of the molecule is Cc1cccc(COc2cc(F)cc(CCN)c2)n1. The lowest BCUT2D eigenvalue weighted by atomic mass is 10.1. The maximum atomic E-state index is 13.4. The van der Waals surface area contributed by atoms with Gasteiger partial charge in [-0.25, -0.2) is 4.39 Å². The summed E-state index contributed by atoms with van der Waals surface area (Å²) in [4.78, 5) is 4.33. The number of benzene rings is 1. The van der Waals surface area contributed by atoms with Crippen LogP contribution in [0, 0.1) is 12.7 Å². The topological polar surface area (TPSA) is 48.1 Å². The predicted molar refractivity (Wildman–Crippen MR) is 72.5 cm³/mol. The molecule has 0 fully saturated rings. The van der Waals surface area contributed by atoms with E-state index < -0.39 is 0 Å². The lowest BCUT2D eigenvalue weighted by Gasteiger charge is -2.08. The van der Waals surface area contributed by atoms with Gasteiger partial charge in [-0.05, 0) is 49.7 Å². The van der Waals surface area contributed by atoms with E-state index >= 15 is 0 Å². The monoisotopic (exact) mass is 260 g/mol. The molecule has 0 spiro atoms. The minimum Gasteiger partial charge on any atom is -0.487 e. The molecule has 19 heavy (non-hydrogen) atoms. The molecule has 3 nitrogen and oxygen atoms in total. The molecule has 0 aliphatic heterocycles. The molecule has 0 saturated heterocycles. The fraction of sp³-hybridized carbons (Fsp3) is 0.267. The van der Waals surface area contributed by atoms with Crippen molar-refractivity contribution in [2.45, 2.75) is 20.0 Å². The molecule has 1 aromatic carbocycles. The zero-order valence-electron chi connectivity index (χ0n) is 10.9. The molecule has 0 bridgehead atoms. The van der Waals surface area contributed by atoms with E-state index in [2.05, 4.69) is 4.98 Å². The average Bonchev–Trinajstić information content (AvgIpc) is 2.36. The standard InChI is InChI=1S/C15H17FN2O/c1-11-3-2-4-14(18-11)10-19-15-8-12(5-6-17)7-13(16)9-15/h2-4,7-9H,5-6,10,17H2,1H3. The molecule has 2 rings (SSSR count). The van der Waals surface area contributed by atoms with Crippen molar-refractivity contribution in [1.29, 1.82) is 0 Å². The maximum absolute atomic E-state index is 13.4. The van der Waals surface area contributed by atoms with Crippen LogP contribution in [-0.2, 0) is 13.0 Å². The number of nitrogens with two attached hydrogens (primary N) is 1. The first-order chi connectivity index (χ1) is 9.17. The van der Waals surface area contributed by atoms with Crippen LogP contribution in [0.25, 0.3) is 0 Å². The Labute approximate surface area is 112 Å². The Bertz CT molecular complexity index is 558. The van der Waals surface area contributed by atoms with E-state index in [-0.39, 0.29) is 5.82 Å². The van der Waals surface area contributed by atoms with Crippen LogP contribution in [0.5, 0.6) is 5.75 Å². The highest BCUT2D eigenvalue weighted by atomic mass is 19.1. The van der Waals surface area contributed by atoms with E-state index in [1.807, 2.05) is 31.2 Å².